The van der Waals surface area contributed by atoms with Crippen LogP contribution in [0.3, 0.4) is 0 Å². The fraction of sp³-hybridized carbons (Fsp3) is 0.200. The molecular formula is C25H22FN3O2S. The van der Waals surface area contributed by atoms with E-state index in [4.69, 9.17) is 4.42 Å². The van der Waals surface area contributed by atoms with Crippen LogP contribution in [-0.4, -0.2) is 10.9 Å². The van der Waals surface area contributed by atoms with Gasteiger partial charge in [-0.2, -0.15) is 0 Å². The number of carbonyl (C=O) groups is 1. The lowest BCUT2D eigenvalue weighted by molar-refractivity contribution is 0.0997. The molecule has 162 valence electrons. The Kier molecular flexibility index (Phi) is 5.73. The van der Waals surface area contributed by atoms with Gasteiger partial charge in [-0.15, -0.1) is 11.3 Å². The number of hydrogen-bond donors (Lipinski definition) is 2. The molecule has 7 heteroatoms. The van der Waals surface area contributed by atoms with Gasteiger partial charge in [-0.3, -0.25) is 4.79 Å². The van der Waals surface area contributed by atoms with Crippen LogP contribution in [0.2, 0.25) is 0 Å². The van der Waals surface area contributed by atoms with Crippen LogP contribution in [0.1, 0.15) is 51.0 Å². The van der Waals surface area contributed by atoms with Crippen LogP contribution in [0.15, 0.2) is 71.5 Å². The maximum atomic E-state index is 15.0. The Hall–Kier alpha value is -3.45. The predicted octanol–water partition coefficient (Wildman–Crippen LogP) is 6.21. The normalized spacial score (nSPS) is 13.9. The molecule has 1 aromatic carbocycles. The number of halogens is 1. The summed E-state index contributed by atoms with van der Waals surface area (Å²) >= 11 is 1.57. The van der Waals surface area contributed by atoms with Crippen molar-refractivity contribution in [2.24, 2.45) is 0 Å². The van der Waals surface area contributed by atoms with Gasteiger partial charge >= 0.3 is 0 Å². The Labute approximate surface area is 189 Å². The van der Waals surface area contributed by atoms with E-state index in [0.717, 1.165) is 36.2 Å². The van der Waals surface area contributed by atoms with E-state index < -0.39 is 6.04 Å². The summed E-state index contributed by atoms with van der Waals surface area (Å²) in [4.78, 5) is 18.5. The van der Waals surface area contributed by atoms with Crippen molar-refractivity contribution in [3.05, 3.63) is 100 Å². The van der Waals surface area contributed by atoms with Crippen molar-refractivity contribution < 1.29 is 13.6 Å². The van der Waals surface area contributed by atoms with Gasteiger partial charge in [0.15, 0.2) is 5.76 Å². The van der Waals surface area contributed by atoms with Crippen LogP contribution in [0, 0.1) is 5.82 Å². The number of pyridine rings is 1. The summed E-state index contributed by atoms with van der Waals surface area (Å²) in [5.74, 6) is 0.252. The molecule has 1 atom stereocenters. The molecule has 5 nitrogen and oxygen atoms in total. The summed E-state index contributed by atoms with van der Waals surface area (Å²) in [6, 6.07) is 15.1. The lowest BCUT2D eigenvalue weighted by atomic mass is 9.89. The van der Waals surface area contributed by atoms with Crippen molar-refractivity contribution in [2.45, 2.75) is 31.7 Å². The number of amides is 1. The Morgan fingerprint density at radius 2 is 1.91 bits per heavy atom. The zero-order valence-corrected chi connectivity index (χ0v) is 18.1. The number of aromatic nitrogens is 1. The molecule has 32 heavy (non-hydrogen) atoms. The second-order valence-corrected chi connectivity index (χ2v) is 8.80. The van der Waals surface area contributed by atoms with E-state index in [2.05, 4.69) is 15.6 Å². The van der Waals surface area contributed by atoms with E-state index in [1.165, 1.54) is 22.8 Å². The number of aryl methyl sites for hydroxylation is 1. The summed E-state index contributed by atoms with van der Waals surface area (Å²) < 4.78 is 20.3. The molecule has 0 saturated carbocycles. The van der Waals surface area contributed by atoms with Gasteiger partial charge in [-0.1, -0.05) is 24.3 Å². The van der Waals surface area contributed by atoms with Gasteiger partial charge in [0, 0.05) is 22.2 Å². The van der Waals surface area contributed by atoms with Gasteiger partial charge in [-0.25, -0.2) is 9.37 Å². The molecule has 4 aromatic rings. The lowest BCUT2D eigenvalue weighted by Crippen LogP contribution is -2.19. The van der Waals surface area contributed by atoms with Crippen LogP contribution in [0.25, 0.3) is 0 Å². The lowest BCUT2D eigenvalue weighted by Gasteiger charge is -2.24. The highest BCUT2D eigenvalue weighted by atomic mass is 32.1. The van der Waals surface area contributed by atoms with E-state index in [0.29, 0.717) is 11.4 Å². The van der Waals surface area contributed by atoms with E-state index in [1.54, 1.807) is 41.8 Å². The number of benzene rings is 1. The Morgan fingerprint density at radius 3 is 2.69 bits per heavy atom. The van der Waals surface area contributed by atoms with E-state index in [9.17, 15) is 4.79 Å². The minimum Gasteiger partial charge on any atom is -0.459 e. The number of nitrogens with one attached hydrogen (secondary N) is 2. The topological polar surface area (TPSA) is 67.2 Å². The standard InChI is InChI=1S/C25H22FN3O2S/c26-18-10-3-1-8-16(18)23(28-21-13-5-6-14-27-21)22-17-9-2-4-12-20(17)32-25(22)29-24(30)19-11-7-15-31-19/h1,3,5-8,10-11,13-15,23H,2,4,9,12H2,(H,27,28)(H,29,30). The molecule has 0 radical (unpaired) electrons. The molecule has 3 heterocycles. The maximum Gasteiger partial charge on any atom is 0.291 e. The molecule has 1 amide bonds. The Morgan fingerprint density at radius 1 is 1.06 bits per heavy atom. The van der Waals surface area contributed by atoms with Crippen molar-refractivity contribution >= 4 is 28.1 Å². The maximum absolute atomic E-state index is 15.0. The number of rotatable bonds is 6. The number of furan rings is 1. The number of thiophene rings is 1. The highest BCUT2D eigenvalue weighted by Crippen LogP contribution is 2.44. The van der Waals surface area contributed by atoms with Crippen LogP contribution in [0.4, 0.5) is 15.2 Å². The fourth-order valence-corrected chi connectivity index (χ4v) is 5.49. The number of anilines is 2. The summed E-state index contributed by atoms with van der Waals surface area (Å²) in [7, 11) is 0. The summed E-state index contributed by atoms with van der Waals surface area (Å²) in [5, 5.41) is 7.16. The van der Waals surface area contributed by atoms with Crippen LogP contribution in [-0.2, 0) is 12.8 Å². The highest BCUT2D eigenvalue weighted by Gasteiger charge is 2.30. The zero-order chi connectivity index (χ0) is 21.9. The molecule has 1 aliphatic carbocycles. The monoisotopic (exact) mass is 447 g/mol. The van der Waals surface area contributed by atoms with E-state index in [1.807, 2.05) is 24.3 Å². The van der Waals surface area contributed by atoms with E-state index in [-0.39, 0.29) is 17.5 Å². The third kappa shape index (κ3) is 4.03. The van der Waals surface area contributed by atoms with Gasteiger partial charge < -0.3 is 15.1 Å². The first-order valence-corrected chi connectivity index (χ1v) is 11.4. The van der Waals surface area contributed by atoms with Crippen molar-refractivity contribution in [1.29, 1.82) is 0 Å². The van der Waals surface area contributed by atoms with Crippen molar-refractivity contribution in [3.8, 4) is 0 Å². The fourth-order valence-electron chi connectivity index (χ4n) is 4.17. The second kappa shape index (κ2) is 8.96. The number of nitrogens with zero attached hydrogens (tertiary/aromatic N) is 1. The Balaban J connectivity index is 1.63. The largest absolute Gasteiger partial charge is 0.459 e. The molecule has 0 aliphatic heterocycles. The van der Waals surface area contributed by atoms with Crippen LogP contribution in [0.5, 0.6) is 0 Å². The highest BCUT2D eigenvalue weighted by molar-refractivity contribution is 7.16. The third-order valence-electron chi connectivity index (χ3n) is 5.65. The first kappa shape index (κ1) is 20.5. The predicted molar refractivity (Wildman–Crippen MR) is 124 cm³/mol. The van der Waals surface area contributed by atoms with Gasteiger partial charge in [0.25, 0.3) is 5.91 Å². The van der Waals surface area contributed by atoms with Crippen LogP contribution >= 0.6 is 11.3 Å². The first-order valence-electron chi connectivity index (χ1n) is 10.6. The number of carbonyl (C=O) groups excluding carboxylic acids is 1. The van der Waals surface area contributed by atoms with Gasteiger partial charge in [0.05, 0.1) is 12.3 Å². The molecule has 1 aliphatic rings. The smallest absolute Gasteiger partial charge is 0.291 e. The van der Waals surface area contributed by atoms with Crippen molar-refractivity contribution in [2.75, 3.05) is 10.6 Å². The third-order valence-corrected chi connectivity index (χ3v) is 6.87. The molecular weight excluding hydrogens is 425 g/mol. The summed E-state index contributed by atoms with van der Waals surface area (Å²) in [5.41, 5.74) is 2.60. The molecule has 5 rings (SSSR count). The second-order valence-electron chi connectivity index (χ2n) is 7.70. The zero-order valence-electron chi connectivity index (χ0n) is 17.3. The molecule has 0 bridgehead atoms. The number of hydrogen-bond acceptors (Lipinski definition) is 5. The van der Waals surface area contributed by atoms with Gasteiger partial charge in [0.1, 0.15) is 16.6 Å². The molecule has 1 unspecified atom stereocenters. The first-order chi connectivity index (χ1) is 15.7. The summed E-state index contributed by atoms with van der Waals surface area (Å²) in [6.45, 7) is 0. The Bertz CT molecular complexity index is 1220. The number of fused-ring (bicyclic) bond motifs is 1. The average Bonchev–Trinajstić information content (AvgIpc) is 3.47. The molecule has 0 spiro atoms. The molecule has 0 fully saturated rings. The van der Waals surface area contributed by atoms with Gasteiger partial charge in [-0.05, 0) is 61.6 Å². The molecule has 3 aromatic heterocycles. The van der Waals surface area contributed by atoms with Crippen molar-refractivity contribution in [1.82, 2.24) is 4.98 Å². The van der Waals surface area contributed by atoms with Crippen LogP contribution < -0.4 is 10.6 Å². The summed E-state index contributed by atoms with van der Waals surface area (Å²) in [6.07, 6.45) is 7.19. The quantitative estimate of drug-likeness (QED) is 0.369. The van der Waals surface area contributed by atoms with Gasteiger partial charge in [0.2, 0.25) is 0 Å². The minimum absolute atomic E-state index is 0.238. The average molecular weight is 448 g/mol. The molecule has 2 N–H and O–H groups in total. The SMILES string of the molecule is O=C(Nc1sc2c(c1C(Nc1ccccn1)c1ccccc1F)CCCC2)c1ccco1. The molecule has 0 saturated heterocycles. The van der Waals surface area contributed by atoms with Crippen molar-refractivity contribution in [3.63, 3.8) is 0 Å². The van der Waals surface area contributed by atoms with E-state index >= 15 is 4.39 Å². The minimum atomic E-state index is -0.504.